The van der Waals surface area contributed by atoms with Gasteiger partial charge in [0, 0.05) is 11.8 Å². The van der Waals surface area contributed by atoms with E-state index < -0.39 is 28.0 Å². The number of carbonyl (C=O) groups excluding carboxylic acids is 2. The first-order chi connectivity index (χ1) is 10.3. The van der Waals surface area contributed by atoms with Crippen molar-refractivity contribution in [3.8, 4) is 0 Å². The molecule has 0 fully saturated rings. The summed E-state index contributed by atoms with van der Waals surface area (Å²) >= 11 is 0. The summed E-state index contributed by atoms with van der Waals surface area (Å²) in [5.41, 5.74) is 0. The first kappa shape index (κ1) is 19.2. The van der Waals surface area contributed by atoms with E-state index in [1.165, 1.54) is 6.92 Å². The van der Waals surface area contributed by atoms with E-state index in [-0.39, 0.29) is 0 Å². The van der Waals surface area contributed by atoms with Crippen LogP contribution in [-0.2, 0) is 14.8 Å². The molecule has 0 aromatic heterocycles. The van der Waals surface area contributed by atoms with Gasteiger partial charge in [-0.1, -0.05) is 34.1 Å². The Labute approximate surface area is 138 Å². The van der Waals surface area contributed by atoms with Crippen molar-refractivity contribution >= 4 is 43.5 Å². The SMILES string of the molecule is C[C@H](NC(=O)NCCCCC1C=CSS1)C(=O)NS(C)(=O)=O. The normalized spacial score (nSPS) is 18.7. The number of rotatable bonds is 8. The maximum absolute atomic E-state index is 11.6. The zero-order valence-corrected chi connectivity index (χ0v) is 14.9. The van der Waals surface area contributed by atoms with E-state index in [1.54, 1.807) is 10.8 Å². The molecule has 0 aromatic rings. The number of carbonyl (C=O) groups is 2. The molecular weight excluding hydrogens is 346 g/mol. The lowest BCUT2D eigenvalue weighted by molar-refractivity contribution is -0.120. The van der Waals surface area contributed by atoms with Crippen molar-refractivity contribution < 1.29 is 18.0 Å². The summed E-state index contributed by atoms with van der Waals surface area (Å²) in [7, 11) is -0.0422. The molecule has 0 radical (unpaired) electrons. The fourth-order valence-electron chi connectivity index (χ4n) is 1.66. The van der Waals surface area contributed by atoms with Crippen LogP contribution in [0.2, 0.25) is 0 Å². The number of nitrogens with one attached hydrogen (secondary N) is 3. The number of hydrogen-bond acceptors (Lipinski definition) is 6. The summed E-state index contributed by atoms with van der Waals surface area (Å²) in [4.78, 5) is 23.0. The molecule has 1 aliphatic rings. The number of sulfonamides is 1. The maximum Gasteiger partial charge on any atom is 0.315 e. The maximum atomic E-state index is 11.6. The average Bonchev–Trinajstić information content (AvgIpc) is 2.89. The lowest BCUT2D eigenvalue weighted by atomic mass is 10.2. The van der Waals surface area contributed by atoms with Crippen LogP contribution in [0.15, 0.2) is 11.5 Å². The highest BCUT2D eigenvalue weighted by Crippen LogP contribution is 2.37. The zero-order valence-electron chi connectivity index (χ0n) is 12.5. The van der Waals surface area contributed by atoms with Crippen LogP contribution in [0.1, 0.15) is 26.2 Å². The number of urea groups is 1. The third-order valence-corrected chi connectivity index (χ3v) is 5.76. The Morgan fingerprint density at radius 3 is 2.64 bits per heavy atom. The van der Waals surface area contributed by atoms with Crippen LogP contribution in [0.4, 0.5) is 4.79 Å². The van der Waals surface area contributed by atoms with Gasteiger partial charge in [0.15, 0.2) is 0 Å². The fraction of sp³-hybridized carbons (Fsp3) is 0.667. The van der Waals surface area contributed by atoms with Crippen molar-refractivity contribution in [1.82, 2.24) is 15.4 Å². The van der Waals surface area contributed by atoms with Gasteiger partial charge < -0.3 is 10.6 Å². The Morgan fingerprint density at radius 1 is 1.32 bits per heavy atom. The predicted molar refractivity (Wildman–Crippen MR) is 90.9 cm³/mol. The van der Waals surface area contributed by atoms with Crippen molar-refractivity contribution in [2.75, 3.05) is 12.8 Å². The highest BCUT2D eigenvalue weighted by molar-refractivity contribution is 8.78. The first-order valence-corrected chi connectivity index (χ1v) is 11.0. The second-order valence-electron chi connectivity index (χ2n) is 4.92. The minimum Gasteiger partial charge on any atom is -0.338 e. The summed E-state index contributed by atoms with van der Waals surface area (Å²) in [5, 5.41) is 7.68. The Morgan fingerprint density at radius 2 is 2.05 bits per heavy atom. The standard InChI is InChI=1S/C12H21N3O4S3/c1-9(11(16)15-22(2,18)19)14-12(17)13-7-4-3-5-10-6-8-20-21-10/h6,8-10H,3-5,7H2,1-2H3,(H,15,16)(H2,13,14,17)/t9-,10?/m0/s1. The summed E-state index contributed by atoms with van der Waals surface area (Å²) < 4.78 is 23.6. The number of amides is 3. The second kappa shape index (κ2) is 9.31. The molecule has 3 N–H and O–H groups in total. The van der Waals surface area contributed by atoms with Crippen molar-refractivity contribution in [3.63, 3.8) is 0 Å². The highest BCUT2D eigenvalue weighted by Gasteiger charge is 2.18. The summed E-state index contributed by atoms with van der Waals surface area (Å²) in [6, 6.07) is -1.41. The molecule has 1 unspecified atom stereocenters. The third-order valence-electron chi connectivity index (χ3n) is 2.76. The minimum absolute atomic E-state index is 0.484. The van der Waals surface area contributed by atoms with Crippen molar-refractivity contribution in [2.24, 2.45) is 0 Å². The molecular formula is C12H21N3O4S3. The Balaban J connectivity index is 2.11. The van der Waals surface area contributed by atoms with Gasteiger partial charge in [-0.15, -0.1) is 0 Å². The van der Waals surface area contributed by atoms with Gasteiger partial charge in [0.1, 0.15) is 6.04 Å². The third kappa shape index (κ3) is 8.54. The molecule has 2 atom stereocenters. The van der Waals surface area contributed by atoms with Gasteiger partial charge in [0.05, 0.1) is 6.26 Å². The van der Waals surface area contributed by atoms with E-state index in [2.05, 4.69) is 22.1 Å². The van der Waals surface area contributed by atoms with Crippen molar-refractivity contribution in [1.29, 1.82) is 0 Å². The molecule has 0 saturated carbocycles. The molecule has 126 valence electrons. The highest BCUT2D eigenvalue weighted by atomic mass is 33.1. The smallest absolute Gasteiger partial charge is 0.315 e. The van der Waals surface area contributed by atoms with Crippen LogP contribution in [0, 0.1) is 0 Å². The molecule has 22 heavy (non-hydrogen) atoms. The average molecular weight is 368 g/mol. The molecule has 1 rings (SSSR count). The van der Waals surface area contributed by atoms with Gasteiger partial charge in [0.25, 0.3) is 5.91 Å². The molecule has 10 heteroatoms. The molecule has 0 bridgehead atoms. The number of unbranched alkanes of at least 4 members (excludes halogenated alkanes) is 1. The van der Waals surface area contributed by atoms with E-state index in [0.717, 1.165) is 25.5 Å². The molecule has 3 amide bonds. The largest absolute Gasteiger partial charge is 0.338 e. The zero-order chi connectivity index (χ0) is 16.6. The molecule has 0 aliphatic carbocycles. The lowest BCUT2D eigenvalue weighted by Gasteiger charge is -2.14. The fourth-order valence-corrected chi connectivity index (χ4v) is 4.46. The van der Waals surface area contributed by atoms with Gasteiger partial charge >= 0.3 is 6.03 Å². The molecule has 7 nitrogen and oxygen atoms in total. The van der Waals surface area contributed by atoms with E-state index in [4.69, 9.17) is 0 Å². The van der Waals surface area contributed by atoms with E-state index in [0.29, 0.717) is 11.8 Å². The van der Waals surface area contributed by atoms with Gasteiger partial charge in [-0.05, 0) is 25.2 Å². The monoisotopic (exact) mass is 367 g/mol. The quantitative estimate of drug-likeness (QED) is 0.440. The summed E-state index contributed by atoms with van der Waals surface area (Å²) in [6.45, 7) is 1.93. The van der Waals surface area contributed by atoms with Crippen LogP contribution in [0.25, 0.3) is 0 Å². The van der Waals surface area contributed by atoms with Gasteiger partial charge in [-0.2, -0.15) is 0 Å². The lowest BCUT2D eigenvalue weighted by Crippen LogP contribution is -2.49. The van der Waals surface area contributed by atoms with Crippen LogP contribution in [0.5, 0.6) is 0 Å². The Hall–Kier alpha value is -0.870. The van der Waals surface area contributed by atoms with E-state index in [9.17, 15) is 18.0 Å². The topological polar surface area (TPSA) is 104 Å². The summed E-state index contributed by atoms with van der Waals surface area (Å²) in [5.74, 6) is -0.764. The molecule has 1 aliphatic heterocycles. The van der Waals surface area contributed by atoms with E-state index in [1.807, 2.05) is 15.5 Å². The Kier molecular flexibility index (Phi) is 8.12. The molecule has 0 saturated heterocycles. The summed E-state index contributed by atoms with van der Waals surface area (Å²) in [6.07, 6.45) is 6.00. The van der Waals surface area contributed by atoms with Crippen LogP contribution >= 0.6 is 21.6 Å². The van der Waals surface area contributed by atoms with Crippen LogP contribution in [-0.4, -0.2) is 44.4 Å². The minimum atomic E-state index is -3.62. The second-order valence-corrected chi connectivity index (χ2v) is 9.08. The van der Waals surface area contributed by atoms with Crippen molar-refractivity contribution in [2.45, 2.75) is 37.5 Å². The van der Waals surface area contributed by atoms with Gasteiger partial charge in [-0.25, -0.2) is 13.2 Å². The first-order valence-electron chi connectivity index (χ1n) is 6.83. The van der Waals surface area contributed by atoms with Crippen molar-refractivity contribution in [3.05, 3.63) is 11.5 Å². The van der Waals surface area contributed by atoms with Gasteiger partial charge in [-0.3, -0.25) is 9.52 Å². The molecule has 0 aromatic carbocycles. The molecule has 1 heterocycles. The van der Waals surface area contributed by atoms with Gasteiger partial charge in [0.2, 0.25) is 10.0 Å². The van der Waals surface area contributed by atoms with E-state index >= 15 is 0 Å². The Bertz CT molecular complexity index is 522. The molecule has 0 spiro atoms. The number of hydrogen-bond donors (Lipinski definition) is 3. The predicted octanol–water partition coefficient (Wildman–Crippen LogP) is 1.20. The van der Waals surface area contributed by atoms with Crippen LogP contribution < -0.4 is 15.4 Å². The van der Waals surface area contributed by atoms with Crippen LogP contribution in [0.3, 0.4) is 0 Å².